The molecular weight excluding hydrogens is 424 g/mol. The molecule has 0 saturated heterocycles. The molecule has 0 saturated carbocycles. The van der Waals surface area contributed by atoms with E-state index in [-0.39, 0.29) is 35.4 Å². The zero-order chi connectivity index (χ0) is 23.2. The fourth-order valence-electron chi connectivity index (χ4n) is 3.87. The Labute approximate surface area is 181 Å². The molecule has 164 valence electrons. The Morgan fingerprint density at radius 2 is 1.69 bits per heavy atom. The summed E-state index contributed by atoms with van der Waals surface area (Å²) in [6.07, 6.45) is 4.56. The molecule has 1 amide bonds. The highest BCUT2D eigenvalue weighted by molar-refractivity contribution is 6.23. The average molecular weight is 442 g/mol. The topological polar surface area (TPSA) is 40.6 Å². The lowest BCUT2D eigenvalue weighted by Gasteiger charge is -2.35. The Kier molecular flexibility index (Phi) is 5.46. The lowest BCUT2D eigenvalue weighted by atomic mass is 9.89. The van der Waals surface area contributed by atoms with Gasteiger partial charge in [0.25, 0.3) is 5.91 Å². The van der Waals surface area contributed by atoms with E-state index in [0.717, 1.165) is 24.3 Å². The van der Waals surface area contributed by atoms with Gasteiger partial charge in [0.15, 0.2) is 5.78 Å². The van der Waals surface area contributed by atoms with E-state index in [9.17, 15) is 18.4 Å². The Bertz CT molecular complexity index is 1220. The predicted octanol–water partition coefficient (Wildman–Crippen LogP) is 4.54. The number of halogens is 4. The third-order valence-corrected chi connectivity index (χ3v) is 5.34. The second-order valence-electron chi connectivity index (χ2n) is 7.63. The molecule has 0 aliphatic carbocycles. The molecule has 0 atom stereocenters. The number of hydrogen-bond donors (Lipinski definition) is 0. The van der Waals surface area contributed by atoms with Gasteiger partial charge in [-0.3, -0.25) is 9.59 Å². The molecule has 2 heterocycles. The van der Waals surface area contributed by atoms with E-state index in [1.807, 2.05) is 0 Å². The number of fused-ring (bicyclic) bond motifs is 1. The van der Waals surface area contributed by atoms with Crippen molar-refractivity contribution in [1.82, 2.24) is 9.80 Å². The number of amides is 1. The molecule has 0 spiro atoms. The fourth-order valence-corrected chi connectivity index (χ4v) is 3.87. The summed E-state index contributed by atoms with van der Waals surface area (Å²) < 4.78 is 57.8. The first-order valence-corrected chi connectivity index (χ1v) is 9.79. The van der Waals surface area contributed by atoms with Crippen molar-refractivity contribution in [1.29, 1.82) is 0 Å². The van der Waals surface area contributed by atoms with Crippen molar-refractivity contribution < 1.29 is 27.2 Å². The predicted molar refractivity (Wildman–Crippen MR) is 111 cm³/mol. The number of hydrogen-bond acceptors (Lipinski definition) is 3. The molecule has 8 heteroatoms. The van der Waals surface area contributed by atoms with Crippen molar-refractivity contribution in [3.05, 3.63) is 94.2 Å². The fraction of sp³-hybridized carbons (Fsp3) is 0.167. The first kappa shape index (κ1) is 21.5. The molecule has 0 unspecified atom stereocenters. The molecule has 0 radical (unpaired) electrons. The summed E-state index contributed by atoms with van der Waals surface area (Å²) >= 11 is 0. The minimum atomic E-state index is -1.05. The van der Waals surface area contributed by atoms with Crippen molar-refractivity contribution in [2.45, 2.75) is 6.42 Å². The monoisotopic (exact) mass is 442 g/mol. The smallest absolute Gasteiger partial charge is 0.253 e. The number of ketones is 1. The summed E-state index contributed by atoms with van der Waals surface area (Å²) in [5.74, 6) is -4.70. The van der Waals surface area contributed by atoms with Gasteiger partial charge in [-0.1, -0.05) is 6.08 Å². The van der Waals surface area contributed by atoms with Crippen LogP contribution in [0.3, 0.4) is 0 Å². The summed E-state index contributed by atoms with van der Waals surface area (Å²) in [4.78, 5) is 27.6. The maximum Gasteiger partial charge on any atom is 0.253 e. The molecule has 2 aliphatic rings. The molecule has 4 nitrogen and oxygen atoms in total. The van der Waals surface area contributed by atoms with Crippen LogP contribution in [0.15, 0.2) is 54.3 Å². The van der Waals surface area contributed by atoms with Crippen LogP contribution in [0, 0.1) is 23.3 Å². The number of rotatable bonds is 3. The van der Waals surface area contributed by atoms with E-state index in [4.69, 9.17) is 0 Å². The summed E-state index contributed by atoms with van der Waals surface area (Å²) in [5.41, 5.74) is -0.297. The number of allylic oxidation sites excluding steroid dienone is 4. The van der Waals surface area contributed by atoms with Gasteiger partial charge in [-0.15, -0.1) is 0 Å². The highest BCUT2D eigenvalue weighted by Crippen LogP contribution is 2.39. The van der Waals surface area contributed by atoms with E-state index in [2.05, 4.69) is 0 Å². The van der Waals surface area contributed by atoms with Crippen LogP contribution in [-0.4, -0.2) is 42.1 Å². The highest BCUT2D eigenvalue weighted by atomic mass is 19.1. The molecule has 0 N–H and O–H groups in total. The molecule has 2 aliphatic heterocycles. The van der Waals surface area contributed by atoms with Gasteiger partial charge in [-0.05, 0) is 36.4 Å². The van der Waals surface area contributed by atoms with Gasteiger partial charge in [0, 0.05) is 44.3 Å². The van der Waals surface area contributed by atoms with Crippen LogP contribution < -0.4 is 0 Å². The van der Waals surface area contributed by atoms with Crippen LogP contribution in [0.5, 0.6) is 0 Å². The quantitative estimate of drug-likeness (QED) is 0.656. The number of Topliss-reactive ketones (excluding diaryl/α,β-unsaturated/α-hetero) is 1. The molecule has 4 rings (SSSR count). The van der Waals surface area contributed by atoms with Gasteiger partial charge >= 0.3 is 0 Å². The second kappa shape index (κ2) is 8.11. The summed E-state index contributed by atoms with van der Waals surface area (Å²) in [6.45, 7) is 0.158. The average Bonchev–Trinajstić information content (AvgIpc) is 2.73. The van der Waals surface area contributed by atoms with Crippen molar-refractivity contribution in [2.24, 2.45) is 0 Å². The Morgan fingerprint density at radius 3 is 2.31 bits per heavy atom. The van der Waals surface area contributed by atoms with Crippen molar-refractivity contribution in [2.75, 3.05) is 20.6 Å². The largest absolute Gasteiger partial charge is 0.345 e. The molecule has 2 aromatic rings. The first-order chi connectivity index (χ1) is 15.2. The van der Waals surface area contributed by atoms with Crippen LogP contribution in [0.1, 0.15) is 27.9 Å². The van der Waals surface area contributed by atoms with Gasteiger partial charge in [-0.2, -0.15) is 0 Å². The molecule has 2 aromatic carbocycles. The number of benzene rings is 2. The normalized spacial score (nSPS) is 15.6. The molecule has 0 aromatic heterocycles. The second-order valence-corrected chi connectivity index (χ2v) is 7.63. The Balaban J connectivity index is 1.86. The lowest BCUT2D eigenvalue weighted by Crippen LogP contribution is -2.32. The van der Waals surface area contributed by atoms with Gasteiger partial charge in [0.2, 0.25) is 0 Å². The summed E-state index contributed by atoms with van der Waals surface area (Å²) in [6, 6.07) is 4.91. The molecule has 32 heavy (non-hydrogen) atoms. The maximum absolute atomic E-state index is 15.0. The Hall–Kier alpha value is -3.68. The minimum Gasteiger partial charge on any atom is -0.345 e. The van der Waals surface area contributed by atoms with E-state index >= 15 is 8.78 Å². The van der Waals surface area contributed by atoms with Crippen LogP contribution in [-0.2, 0) is 4.79 Å². The molecule has 0 fully saturated rings. The molecular formula is C24H18F4N2O2. The van der Waals surface area contributed by atoms with Gasteiger partial charge in [0.05, 0.1) is 22.5 Å². The van der Waals surface area contributed by atoms with E-state index in [1.54, 1.807) is 11.0 Å². The van der Waals surface area contributed by atoms with Crippen LogP contribution >= 0.6 is 0 Å². The van der Waals surface area contributed by atoms with E-state index < -0.39 is 40.5 Å². The standard InChI is InChI=1S/C24H18F4N2O2/c1-29(2)24(32)13-10-17(27)22(18(28)11-13)23-20-5-3-4-19(30(20)9-8-21(23)31)15-7-6-14(25)12-16(15)26/h3-7,10-12H,8-9H2,1-2H3. The maximum atomic E-state index is 15.0. The van der Waals surface area contributed by atoms with Crippen LogP contribution in [0.25, 0.3) is 11.3 Å². The first-order valence-electron chi connectivity index (χ1n) is 9.79. The third kappa shape index (κ3) is 3.62. The van der Waals surface area contributed by atoms with Gasteiger partial charge in [0.1, 0.15) is 23.3 Å². The third-order valence-electron chi connectivity index (χ3n) is 5.34. The van der Waals surface area contributed by atoms with Gasteiger partial charge < -0.3 is 9.80 Å². The minimum absolute atomic E-state index is 0.0654. The lowest BCUT2D eigenvalue weighted by molar-refractivity contribution is -0.114. The number of carbonyl (C=O) groups excluding carboxylic acids is 2. The molecule has 0 bridgehead atoms. The SMILES string of the molecule is CN(C)C(=O)c1cc(F)c(C2=C3C=CC=C(c4ccc(F)cc4F)N3CCC2=O)c(F)c1. The van der Waals surface area contributed by atoms with Crippen molar-refractivity contribution >= 4 is 23.0 Å². The van der Waals surface area contributed by atoms with Gasteiger partial charge in [-0.25, -0.2) is 17.6 Å². The van der Waals surface area contributed by atoms with E-state index in [1.165, 1.54) is 37.2 Å². The van der Waals surface area contributed by atoms with Crippen molar-refractivity contribution in [3.63, 3.8) is 0 Å². The number of carbonyl (C=O) groups is 2. The number of nitrogens with zero attached hydrogens (tertiary/aromatic N) is 2. The summed E-state index contributed by atoms with van der Waals surface area (Å²) in [7, 11) is 2.91. The van der Waals surface area contributed by atoms with Crippen molar-refractivity contribution in [3.8, 4) is 0 Å². The Morgan fingerprint density at radius 1 is 1.00 bits per heavy atom. The van der Waals surface area contributed by atoms with E-state index in [0.29, 0.717) is 5.70 Å². The summed E-state index contributed by atoms with van der Waals surface area (Å²) in [5, 5.41) is 0. The van der Waals surface area contributed by atoms with Crippen LogP contribution in [0.4, 0.5) is 17.6 Å². The highest BCUT2D eigenvalue weighted by Gasteiger charge is 2.33. The zero-order valence-electron chi connectivity index (χ0n) is 17.3. The zero-order valence-corrected chi connectivity index (χ0v) is 17.3. The van der Waals surface area contributed by atoms with Crippen LogP contribution in [0.2, 0.25) is 0 Å².